The van der Waals surface area contributed by atoms with Crippen LogP contribution in [0.15, 0.2) is 30.3 Å². The summed E-state index contributed by atoms with van der Waals surface area (Å²) in [7, 11) is -4.67. The van der Waals surface area contributed by atoms with Gasteiger partial charge in [-0.05, 0) is 12.1 Å². The third kappa shape index (κ3) is 9.68. The number of nitrogens with one attached hydrogen (secondary N) is 1. The van der Waals surface area contributed by atoms with E-state index >= 15 is 0 Å². The molecule has 0 spiro atoms. The quantitative estimate of drug-likeness (QED) is 0.337. The SMILES string of the molecule is N=C(N)N1CCN(CCOc2ccccc2)CC1.O=S(=O)(O)O. The number of nitrogens with zero attached hydrogens (tertiary/aromatic N) is 2. The van der Waals surface area contributed by atoms with Crippen molar-refractivity contribution in [3.63, 3.8) is 0 Å². The van der Waals surface area contributed by atoms with E-state index in [1.54, 1.807) is 0 Å². The van der Waals surface area contributed by atoms with E-state index in [-0.39, 0.29) is 5.96 Å². The van der Waals surface area contributed by atoms with Crippen molar-refractivity contribution < 1.29 is 22.3 Å². The van der Waals surface area contributed by atoms with Crippen LogP contribution in [0, 0.1) is 5.41 Å². The number of hydrogen-bond acceptors (Lipinski definition) is 5. The largest absolute Gasteiger partial charge is 0.492 e. The zero-order valence-electron chi connectivity index (χ0n) is 12.6. The van der Waals surface area contributed by atoms with Crippen LogP contribution in [0.3, 0.4) is 0 Å². The minimum absolute atomic E-state index is 0.176. The van der Waals surface area contributed by atoms with E-state index in [1.807, 2.05) is 35.2 Å². The van der Waals surface area contributed by atoms with Crippen molar-refractivity contribution in [3.05, 3.63) is 30.3 Å². The summed E-state index contributed by atoms with van der Waals surface area (Å²) in [5.74, 6) is 1.09. The zero-order chi connectivity index (χ0) is 17.3. The van der Waals surface area contributed by atoms with Gasteiger partial charge in [-0.2, -0.15) is 8.42 Å². The van der Waals surface area contributed by atoms with E-state index in [0.717, 1.165) is 38.5 Å². The first kappa shape index (κ1) is 19.2. The van der Waals surface area contributed by atoms with E-state index in [4.69, 9.17) is 33.4 Å². The molecule has 1 heterocycles. The molecule has 0 aromatic heterocycles. The summed E-state index contributed by atoms with van der Waals surface area (Å²) in [6.07, 6.45) is 0. The van der Waals surface area contributed by atoms with Gasteiger partial charge in [-0.25, -0.2) is 0 Å². The summed E-state index contributed by atoms with van der Waals surface area (Å²) in [6, 6.07) is 9.86. The normalized spacial score (nSPS) is 15.5. The molecule has 10 heteroatoms. The predicted octanol–water partition coefficient (Wildman–Crippen LogP) is -0.0763. The van der Waals surface area contributed by atoms with Crippen LogP contribution in [0.25, 0.3) is 0 Å². The van der Waals surface area contributed by atoms with Crippen LogP contribution >= 0.6 is 0 Å². The second-order valence-corrected chi connectivity index (χ2v) is 5.72. The number of guanidine groups is 1. The Morgan fingerprint density at radius 3 is 2.17 bits per heavy atom. The highest BCUT2D eigenvalue weighted by atomic mass is 32.3. The van der Waals surface area contributed by atoms with Gasteiger partial charge in [0.2, 0.25) is 0 Å². The summed E-state index contributed by atoms with van der Waals surface area (Å²) in [5, 5.41) is 7.37. The lowest BCUT2D eigenvalue weighted by atomic mass is 10.3. The average molecular weight is 346 g/mol. The molecule has 1 aromatic carbocycles. The number of ether oxygens (including phenoxy) is 1. The third-order valence-corrected chi connectivity index (χ3v) is 3.13. The fourth-order valence-corrected chi connectivity index (χ4v) is 2.02. The second kappa shape index (κ2) is 9.30. The zero-order valence-corrected chi connectivity index (χ0v) is 13.4. The first-order chi connectivity index (χ1) is 10.8. The lowest BCUT2D eigenvalue weighted by molar-refractivity contribution is 0.153. The topological polar surface area (TPSA) is 140 Å². The Morgan fingerprint density at radius 1 is 1.17 bits per heavy atom. The Hall–Kier alpha value is -1.88. The summed E-state index contributed by atoms with van der Waals surface area (Å²) >= 11 is 0. The molecule has 1 aliphatic heterocycles. The number of benzene rings is 1. The van der Waals surface area contributed by atoms with Gasteiger partial charge in [-0.1, -0.05) is 18.2 Å². The summed E-state index contributed by atoms with van der Waals surface area (Å²) in [4.78, 5) is 4.23. The average Bonchev–Trinajstić information content (AvgIpc) is 2.47. The van der Waals surface area contributed by atoms with Crippen LogP contribution in [0.5, 0.6) is 5.75 Å². The first-order valence-electron chi connectivity index (χ1n) is 6.95. The van der Waals surface area contributed by atoms with Crippen molar-refractivity contribution in [2.45, 2.75) is 0 Å². The van der Waals surface area contributed by atoms with Gasteiger partial charge in [0.1, 0.15) is 12.4 Å². The van der Waals surface area contributed by atoms with Gasteiger partial charge in [0.25, 0.3) is 0 Å². The van der Waals surface area contributed by atoms with Gasteiger partial charge < -0.3 is 15.4 Å². The van der Waals surface area contributed by atoms with E-state index in [0.29, 0.717) is 6.61 Å². The summed E-state index contributed by atoms with van der Waals surface area (Å²) < 4.78 is 37.2. The Morgan fingerprint density at radius 2 is 1.70 bits per heavy atom. The van der Waals surface area contributed by atoms with Crippen molar-refractivity contribution >= 4 is 16.4 Å². The molecule has 0 unspecified atom stereocenters. The molecule has 0 aliphatic carbocycles. The molecule has 0 amide bonds. The number of rotatable bonds is 4. The molecule has 0 bridgehead atoms. The van der Waals surface area contributed by atoms with Crippen molar-refractivity contribution in [2.24, 2.45) is 5.73 Å². The van der Waals surface area contributed by atoms with Crippen molar-refractivity contribution in [1.82, 2.24) is 9.80 Å². The molecule has 5 N–H and O–H groups in total. The lowest BCUT2D eigenvalue weighted by Crippen LogP contribution is -2.51. The van der Waals surface area contributed by atoms with Crippen LogP contribution in [-0.2, 0) is 10.4 Å². The Kier molecular flexibility index (Phi) is 7.75. The summed E-state index contributed by atoms with van der Waals surface area (Å²) in [5.41, 5.74) is 5.45. The molecule has 1 saturated heterocycles. The van der Waals surface area contributed by atoms with Crippen molar-refractivity contribution in [3.8, 4) is 5.75 Å². The fraction of sp³-hybridized carbons (Fsp3) is 0.462. The molecule has 1 aliphatic rings. The molecule has 0 atom stereocenters. The smallest absolute Gasteiger partial charge is 0.394 e. The van der Waals surface area contributed by atoms with Crippen LogP contribution in [0.1, 0.15) is 0 Å². The molecule has 2 rings (SSSR count). The van der Waals surface area contributed by atoms with Crippen LogP contribution in [-0.4, -0.2) is 72.6 Å². The van der Waals surface area contributed by atoms with E-state index in [1.165, 1.54) is 0 Å². The number of piperazine rings is 1. The van der Waals surface area contributed by atoms with Crippen molar-refractivity contribution in [2.75, 3.05) is 39.3 Å². The highest BCUT2D eigenvalue weighted by molar-refractivity contribution is 7.79. The van der Waals surface area contributed by atoms with Crippen LogP contribution < -0.4 is 10.5 Å². The molecule has 1 fully saturated rings. The number of hydrogen-bond donors (Lipinski definition) is 4. The Bertz CT molecular complexity index is 565. The predicted molar refractivity (Wildman–Crippen MR) is 86.0 cm³/mol. The van der Waals surface area contributed by atoms with Crippen LogP contribution in [0.2, 0.25) is 0 Å². The van der Waals surface area contributed by atoms with Gasteiger partial charge in [0, 0.05) is 32.7 Å². The maximum atomic E-state index is 8.74. The molecule has 0 saturated carbocycles. The molecular weight excluding hydrogens is 324 g/mol. The number of para-hydroxylation sites is 1. The summed E-state index contributed by atoms with van der Waals surface area (Å²) in [6.45, 7) is 5.17. The minimum Gasteiger partial charge on any atom is -0.492 e. The molecule has 130 valence electrons. The van der Waals surface area contributed by atoms with Crippen molar-refractivity contribution in [1.29, 1.82) is 5.41 Å². The molecule has 23 heavy (non-hydrogen) atoms. The highest BCUT2D eigenvalue weighted by Gasteiger charge is 2.16. The van der Waals surface area contributed by atoms with Gasteiger partial charge in [-0.3, -0.25) is 19.4 Å². The molecular formula is C13H22N4O5S. The highest BCUT2D eigenvalue weighted by Crippen LogP contribution is 2.08. The maximum absolute atomic E-state index is 8.74. The maximum Gasteiger partial charge on any atom is 0.394 e. The van der Waals surface area contributed by atoms with E-state index < -0.39 is 10.4 Å². The van der Waals surface area contributed by atoms with Gasteiger partial charge in [-0.15, -0.1) is 0 Å². The minimum atomic E-state index is -4.67. The van der Waals surface area contributed by atoms with Gasteiger partial charge >= 0.3 is 10.4 Å². The van der Waals surface area contributed by atoms with Crippen LogP contribution in [0.4, 0.5) is 0 Å². The van der Waals surface area contributed by atoms with E-state index in [2.05, 4.69) is 4.90 Å². The first-order valence-corrected chi connectivity index (χ1v) is 8.34. The second-order valence-electron chi connectivity index (χ2n) is 4.82. The van der Waals surface area contributed by atoms with Gasteiger partial charge in [0.15, 0.2) is 5.96 Å². The lowest BCUT2D eigenvalue weighted by Gasteiger charge is -2.34. The monoisotopic (exact) mass is 346 g/mol. The van der Waals surface area contributed by atoms with Gasteiger partial charge in [0.05, 0.1) is 0 Å². The standard InChI is InChI=1S/C13H20N4O.H2O4S/c14-13(15)17-8-6-16(7-9-17)10-11-18-12-4-2-1-3-5-12;1-5(2,3)4/h1-5H,6-11H2,(H3,14,15);(H2,1,2,3,4). The molecule has 9 nitrogen and oxygen atoms in total. The molecule has 0 radical (unpaired) electrons. The fourth-order valence-electron chi connectivity index (χ4n) is 2.02. The molecule has 1 aromatic rings. The van der Waals surface area contributed by atoms with E-state index in [9.17, 15) is 0 Å². The Balaban J connectivity index is 0.000000463. The Labute approximate surface area is 135 Å². The number of nitrogens with two attached hydrogens (primary N) is 1. The third-order valence-electron chi connectivity index (χ3n) is 3.13.